The van der Waals surface area contributed by atoms with Gasteiger partial charge in [0.15, 0.2) is 5.13 Å². The summed E-state index contributed by atoms with van der Waals surface area (Å²) in [6, 6.07) is 7.60. The van der Waals surface area contributed by atoms with Crippen LogP contribution in [-0.2, 0) is 22.4 Å². The molecule has 1 saturated carbocycles. The number of rotatable bonds is 5. The number of hydrogen-bond donors (Lipinski definition) is 1. The fourth-order valence-electron chi connectivity index (χ4n) is 5.60. The van der Waals surface area contributed by atoms with Crippen LogP contribution in [0.4, 0.5) is 5.13 Å². The number of nitrogens with one attached hydrogen (secondary N) is 1. The van der Waals surface area contributed by atoms with Gasteiger partial charge in [-0.05, 0) is 43.7 Å². The van der Waals surface area contributed by atoms with E-state index in [0.29, 0.717) is 23.8 Å². The fourth-order valence-corrected chi connectivity index (χ4v) is 6.65. The summed E-state index contributed by atoms with van der Waals surface area (Å²) < 4.78 is 5.31. The normalized spacial score (nSPS) is 21.7. The lowest BCUT2D eigenvalue weighted by Gasteiger charge is -2.50. The zero-order chi connectivity index (χ0) is 20.7. The first-order chi connectivity index (χ1) is 14.6. The monoisotopic (exact) mass is 425 g/mol. The minimum Gasteiger partial charge on any atom is -0.383 e. The number of ether oxygens (including phenoxy) is 1. The molecule has 2 aromatic rings. The van der Waals surface area contributed by atoms with E-state index < -0.39 is 11.5 Å². The number of carbonyl (C=O) groups excluding carboxylic acids is 2. The van der Waals surface area contributed by atoms with Crippen LogP contribution in [0.2, 0.25) is 0 Å². The van der Waals surface area contributed by atoms with Crippen molar-refractivity contribution in [2.24, 2.45) is 0 Å². The standard InChI is InChI=1S/C23H27N3O3S/c1-29-14-13-26-21(28)16-8-3-2-7-15(16)19(23(26)11-4-5-12-23)20(27)25-22-24-17-9-6-10-18(17)30-22/h2-3,7-8,19H,4-6,9-14H2,1H3,(H,24,25,27). The molecular weight excluding hydrogens is 398 g/mol. The van der Waals surface area contributed by atoms with Crippen LogP contribution in [0.5, 0.6) is 0 Å². The van der Waals surface area contributed by atoms with Gasteiger partial charge in [-0.25, -0.2) is 4.98 Å². The van der Waals surface area contributed by atoms with Crippen molar-refractivity contribution >= 4 is 28.3 Å². The fraction of sp³-hybridized carbons (Fsp3) is 0.522. The van der Waals surface area contributed by atoms with Gasteiger partial charge in [0.1, 0.15) is 0 Å². The topological polar surface area (TPSA) is 71.5 Å². The first-order valence-corrected chi connectivity index (χ1v) is 11.6. The Morgan fingerprint density at radius 2 is 2.07 bits per heavy atom. The maximum atomic E-state index is 13.7. The molecule has 1 unspecified atom stereocenters. The second-order valence-corrected chi connectivity index (χ2v) is 9.60. The Hall–Kier alpha value is -2.25. The lowest BCUT2D eigenvalue weighted by Crippen LogP contribution is -2.60. The Kier molecular flexibility index (Phi) is 5.11. The second kappa shape index (κ2) is 7.78. The Labute approximate surface area is 180 Å². The van der Waals surface area contributed by atoms with Crippen molar-refractivity contribution in [2.45, 2.75) is 56.4 Å². The molecule has 1 aromatic carbocycles. The molecule has 2 heterocycles. The molecular formula is C23H27N3O3S. The number of fused-ring (bicyclic) bond motifs is 2. The van der Waals surface area contributed by atoms with Crippen LogP contribution in [0.25, 0.3) is 0 Å². The molecule has 158 valence electrons. The summed E-state index contributed by atoms with van der Waals surface area (Å²) in [5.74, 6) is -0.432. The molecule has 1 aliphatic heterocycles. The van der Waals surface area contributed by atoms with E-state index >= 15 is 0 Å². The average Bonchev–Trinajstić information content (AvgIpc) is 3.45. The maximum Gasteiger partial charge on any atom is 0.254 e. The van der Waals surface area contributed by atoms with Gasteiger partial charge >= 0.3 is 0 Å². The van der Waals surface area contributed by atoms with Gasteiger partial charge in [-0.3, -0.25) is 9.59 Å². The maximum absolute atomic E-state index is 13.7. The summed E-state index contributed by atoms with van der Waals surface area (Å²) in [4.78, 5) is 35.1. The Morgan fingerprint density at radius 1 is 1.27 bits per heavy atom. The van der Waals surface area contributed by atoms with Crippen molar-refractivity contribution in [1.29, 1.82) is 0 Å². The van der Waals surface area contributed by atoms with E-state index in [-0.39, 0.29) is 11.8 Å². The minimum absolute atomic E-state index is 0.0156. The van der Waals surface area contributed by atoms with Crippen LogP contribution in [0.15, 0.2) is 24.3 Å². The lowest BCUT2D eigenvalue weighted by molar-refractivity contribution is -0.121. The molecule has 5 rings (SSSR count). The number of benzene rings is 1. The summed E-state index contributed by atoms with van der Waals surface area (Å²) in [6.07, 6.45) is 6.92. The SMILES string of the molecule is COCCN1C(=O)c2ccccc2C(C(=O)Nc2nc3c(s2)CCC3)C12CCCC2. The van der Waals surface area contributed by atoms with Crippen molar-refractivity contribution in [3.63, 3.8) is 0 Å². The van der Waals surface area contributed by atoms with Crippen LogP contribution in [0.3, 0.4) is 0 Å². The summed E-state index contributed by atoms with van der Waals surface area (Å²) in [5, 5.41) is 3.81. The van der Waals surface area contributed by atoms with Gasteiger partial charge in [0.05, 0.1) is 23.8 Å². The van der Waals surface area contributed by atoms with Gasteiger partial charge in [-0.15, -0.1) is 11.3 Å². The molecule has 30 heavy (non-hydrogen) atoms. The van der Waals surface area contributed by atoms with Gasteiger partial charge in [0.25, 0.3) is 5.91 Å². The third-order valence-electron chi connectivity index (χ3n) is 6.90. The first-order valence-electron chi connectivity index (χ1n) is 10.8. The molecule has 7 heteroatoms. The van der Waals surface area contributed by atoms with Crippen molar-refractivity contribution in [1.82, 2.24) is 9.88 Å². The van der Waals surface area contributed by atoms with Crippen LogP contribution >= 0.6 is 11.3 Å². The van der Waals surface area contributed by atoms with E-state index in [1.54, 1.807) is 18.4 Å². The Morgan fingerprint density at radius 3 is 2.83 bits per heavy atom. The number of amides is 2. The smallest absolute Gasteiger partial charge is 0.254 e. The van der Waals surface area contributed by atoms with Gasteiger partial charge < -0.3 is 15.0 Å². The molecule has 0 saturated heterocycles. The van der Waals surface area contributed by atoms with Gasteiger partial charge in [-0.2, -0.15) is 0 Å². The highest BCUT2D eigenvalue weighted by Crippen LogP contribution is 2.50. The number of carbonyl (C=O) groups is 2. The highest BCUT2D eigenvalue weighted by molar-refractivity contribution is 7.15. The summed E-state index contributed by atoms with van der Waals surface area (Å²) >= 11 is 1.60. The second-order valence-electron chi connectivity index (χ2n) is 8.51. The van der Waals surface area contributed by atoms with Crippen molar-refractivity contribution in [2.75, 3.05) is 25.6 Å². The van der Waals surface area contributed by atoms with Gasteiger partial charge in [0.2, 0.25) is 5.91 Å². The predicted molar refractivity (Wildman–Crippen MR) is 116 cm³/mol. The quantitative estimate of drug-likeness (QED) is 0.792. The summed E-state index contributed by atoms with van der Waals surface area (Å²) in [5.41, 5.74) is 2.12. The highest BCUT2D eigenvalue weighted by atomic mass is 32.1. The molecule has 0 radical (unpaired) electrons. The summed E-state index contributed by atoms with van der Waals surface area (Å²) in [6.45, 7) is 0.961. The largest absolute Gasteiger partial charge is 0.383 e. The molecule has 1 aromatic heterocycles. The molecule has 2 aliphatic carbocycles. The third-order valence-corrected chi connectivity index (χ3v) is 7.97. The minimum atomic E-state index is -0.492. The highest BCUT2D eigenvalue weighted by Gasteiger charge is 2.55. The number of aromatic nitrogens is 1. The van der Waals surface area contributed by atoms with Crippen LogP contribution in [0, 0.1) is 0 Å². The lowest BCUT2D eigenvalue weighted by atomic mass is 9.71. The zero-order valence-electron chi connectivity index (χ0n) is 17.3. The van der Waals surface area contributed by atoms with Gasteiger partial charge in [-0.1, -0.05) is 31.0 Å². The van der Waals surface area contributed by atoms with E-state index in [1.165, 1.54) is 4.88 Å². The molecule has 3 aliphatic rings. The van der Waals surface area contributed by atoms with E-state index in [9.17, 15) is 9.59 Å². The Balaban J connectivity index is 1.55. The van der Waals surface area contributed by atoms with Crippen LogP contribution in [0.1, 0.15) is 64.5 Å². The van der Waals surface area contributed by atoms with Crippen molar-refractivity contribution < 1.29 is 14.3 Å². The number of methoxy groups -OCH3 is 1. The molecule has 1 spiro atoms. The number of aryl methyl sites for hydroxylation is 2. The zero-order valence-corrected chi connectivity index (χ0v) is 18.1. The average molecular weight is 426 g/mol. The molecule has 1 fully saturated rings. The predicted octanol–water partition coefficient (Wildman–Crippen LogP) is 3.77. The van der Waals surface area contributed by atoms with Crippen LogP contribution in [-0.4, -0.2) is 47.5 Å². The number of nitrogens with zero attached hydrogens (tertiary/aromatic N) is 2. The molecule has 1 atom stereocenters. The molecule has 1 N–H and O–H groups in total. The van der Waals surface area contributed by atoms with E-state index in [0.717, 1.165) is 56.2 Å². The number of anilines is 1. The molecule has 6 nitrogen and oxygen atoms in total. The molecule has 0 bridgehead atoms. The first kappa shape index (κ1) is 19.7. The Bertz CT molecular complexity index is 958. The van der Waals surface area contributed by atoms with E-state index in [2.05, 4.69) is 10.3 Å². The van der Waals surface area contributed by atoms with Crippen molar-refractivity contribution in [3.05, 3.63) is 46.0 Å². The van der Waals surface area contributed by atoms with Gasteiger partial charge in [0, 0.05) is 24.1 Å². The van der Waals surface area contributed by atoms with Crippen LogP contribution < -0.4 is 5.32 Å². The molecule has 2 amide bonds. The van der Waals surface area contributed by atoms with E-state index in [1.807, 2.05) is 29.2 Å². The number of hydrogen-bond acceptors (Lipinski definition) is 5. The van der Waals surface area contributed by atoms with E-state index in [4.69, 9.17) is 4.74 Å². The third kappa shape index (κ3) is 3.06. The summed E-state index contributed by atoms with van der Waals surface area (Å²) in [7, 11) is 1.65. The number of thiazole rings is 1. The van der Waals surface area contributed by atoms with Crippen molar-refractivity contribution in [3.8, 4) is 0 Å².